The highest BCUT2D eigenvalue weighted by Crippen LogP contribution is 2.30. The van der Waals surface area contributed by atoms with Crippen molar-refractivity contribution < 1.29 is 18.1 Å². The first-order valence-electron chi connectivity index (χ1n) is 10.1. The second-order valence-corrected chi connectivity index (χ2v) is 7.25. The van der Waals surface area contributed by atoms with Crippen molar-refractivity contribution in [1.29, 1.82) is 5.26 Å². The Hall–Kier alpha value is -4.20. The number of carbonyl (C=O) groups is 1. The Morgan fingerprint density at radius 1 is 1.21 bits per heavy atom. The third-order valence-corrected chi connectivity index (χ3v) is 5.11. The smallest absolute Gasteiger partial charge is 0.343 e. The first-order chi connectivity index (χ1) is 15.9. The van der Waals surface area contributed by atoms with Crippen LogP contribution >= 0.6 is 0 Å². The molecule has 11 heteroatoms. The molecule has 1 aliphatic rings. The number of halogens is 2. The van der Waals surface area contributed by atoms with Crippen LogP contribution in [0.15, 0.2) is 53.3 Å². The Labute approximate surface area is 188 Å². The highest BCUT2D eigenvalue weighted by atomic mass is 19.3. The SMILES string of the molecule is CC=CC(F)(F)c1nc(-c2cccc(C(=O)N3CCN(c4nccnc4C#N)CC3)c2)no1. The molecule has 3 aromatic rings. The third kappa shape index (κ3) is 4.55. The number of allylic oxidation sites excluding steroid dienone is 2. The summed E-state index contributed by atoms with van der Waals surface area (Å²) in [4.78, 5) is 28.7. The first kappa shape index (κ1) is 22.0. The summed E-state index contributed by atoms with van der Waals surface area (Å²) in [6.45, 7) is 3.30. The molecule has 2 aromatic heterocycles. The number of alkyl halides is 2. The minimum absolute atomic E-state index is 0.0275. The van der Waals surface area contributed by atoms with E-state index in [1.165, 1.54) is 25.4 Å². The number of hydrogen-bond acceptors (Lipinski definition) is 8. The molecule has 4 rings (SSSR count). The van der Waals surface area contributed by atoms with Gasteiger partial charge >= 0.3 is 11.8 Å². The van der Waals surface area contributed by atoms with Crippen LogP contribution in [0.3, 0.4) is 0 Å². The van der Waals surface area contributed by atoms with Gasteiger partial charge in [-0.25, -0.2) is 9.97 Å². The first-order valence-corrected chi connectivity index (χ1v) is 10.1. The summed E-state index contributed by atoms with van der Waals surface area (Å²) < 4.78 is 32.7. The third-order valence-electron chi connectivity index (χ3n) is 5.11. The predicted octanol–water partition coefficient (Wildman–Crippen LogP) is 3.03. The van der Waals surface area contributed by atoms with Gasteiger partial charge in [-0.3, -0.25) is 4.79 Å². The highest BCUT2D eigenvalue weighted by Gasteiger charge is 2.35. The lowest BCUT2D eigenvalue weighted by Gasteiger charge is -2.35. The topological polar surface area (TPSA) is 112 Å². The minimum atomic E-state index is -3.37. The van der Waals surface area contributed by atoms with E-state index in [1.807, 2.05) is 11.0 Å². The van der Waals surface area contributed by atoms with Crippen LogP contribution in [0.1, 0.15) is 28.9 Å². The fourth-order valence-electron chi connectivity index (χ4n) is 3.49. The Morgan fingerprint density at radius 3 is 2.70 bits per heavy atom. The van der Waals surface area contributed by atoms with Gasteiger partial charge in [0.05, 0.1) is 0 Å². The lowest BCUT2D eigenvalue weighted by Crippen LogP contribution is -2.49. The molecule has 9 nitrogen and oxygen atoms in total. The summed E-state index contributed by atoms with van der Waals surface area (Å²) in [6, 6.07) is 8.47. The van der Waals surface area contributed by atoms with Gasteiger partial charge in [-0.2, -0.15) is 19.0 Å². The number of amides is 1. The summed E-state index contributed by atoms with van der Waals surface area (Å²) in [5.41, 5.74) is 1.01. The summed E-state index contributed by atoms with van der Waals surface area (Å²) in [6.07, 6.45) is 4.86. The van der Waals surface area contributed by atoms with Crippen molar-refractivity contribution >= 4 is 11.7 Å². The zero-order valence-electron chi connectivity index (χ0n) is 17.7. The zero-order chi connectivity index (χ0) is 23.4. The number of rotatable bonds is 5. The molecule has 1 fully saturated rings. The Morgan fingerprint density at radius 2 is 1.97 bits per heavy atom. The van der Waals surface area contributed by atoms with Gasteiger partial charge in [0, 0.05) is 49.7 Å². The van der Waals surface area contributed by atoms with Gasteiger partial charge in [0.15, 0.2) is 11.5 Å². The predicted molar refractivity (Wildman–Crippen MR) is 113 cm³/mol. The summed E-state index contributed by atoms with van der Waals surface area (Å²) in [5, 5.41) is 12.9. The molecule has 1 aliphatic heterocycles. The fraction of sp³-hybridized carbons (Fsp3) is 0.273. The van der Waals surface area contributed by atoms with Crippen LogP contribution in [0.5, 0.6) is 0 Å². The second-order valence-electron chi connectivity index (χ2n) is 7.25. The van der Waals surface area contributed by atoms with Crippen LogP contribution in [0.2, 0.25) is 0 Å². The van der Waals surface area contributed by atoms with E-state index < -0.39 is 11.8 Å². The molecular weight excluding hydrogens is 432 g/mol. The van der Waals surface area contributed by atoms with E-state index in [4.69, 9.17) is 4.52 Å². The molecule has 0 N–H and O–H groups in total. The van der Waals surface area contributed by atoms with Crippen LogP contribution in [-0.4, -0.2) is 57.1 Å². The van der Waals surface area contributed by atoms with Crippen LogP contribution < -0.4 is 4.90 Å². The van der Waals surface area contributed by atoms with E-state index >= 15 is 0 Å². The van der Waals surface area contributed by atoms with Crippen molar-refractivity contribution in [3.63, 3.8) is 0 Å². The van der Waals surface area contributed by atoms with Crippen molar-refractivity contribution in [2.24, 2.45) is 0 Å². The van der Waals surface area contributed by atoms with Gasteiger partial charge in [-0.1, -0.05) is 23.4 Å². The van der Waals surface area contributed by atoms with Gasteiger partial charge in [0.1, 0.15) is 6.07 Å². The summed E-state index contributed by atoms with van der Waals surface area (Å²) in [5.74, 6) is -3.93. The lowest BCUT2D eigenvalue weighted by atomic mass is 10.1. The molecule has 0 atom stereocenters. The maximum Gasteiger partial charge on any atom is 0.343 e. The molecule has 1 aromatic carbocycles. The molecule has 168 valence electrons. The molecule has 0 unspecified atom stereocenters. The van der Waals surface area contributed by atoms with Crippen molar-refractivity contribution in [2.75, 3.05) is 31.1 Å². The van der Waals surface area contributed by atoms with Gasteiger partial charge < -0.3 is 14.3 Å². The molecule has 33 heavy (non-hydrogen) atoms. The Balaban J connectivity index is 1.47. The van der Waals surface area contributed by atoms with Gasteiger partial charge in [0.2, 0.25) is 5.82 Å². The molecule has 0 spiro atoms. The fourth-order valence-corrected chi connectivity index (χ4v) is 3.49. The number of anilines is 1. The largest absolute Gasteiger partial charge is 0.351 e. The number of aromatic nitrogens is 4. The van der Waals surface area contributed by atoms with E-state index in [1.54, 1.807) is 29.2 Å². The number of nitrogens with zero attached hydrogens (tertiary/aromatic N) is 7. The maximum atomic E-state index is 14.0. The van der Waals surface area contributed by atoms with E-state index in [0.29, 0.717) is 49.2 Å². The van der Waals surface area contributed by atoms with Crippen LogP contribution in [0.4, 0.5) is 14.6 Å². The van der Waals surface area contributed by atoms with E-state index in [2.05, 4.69) is 20.1 Å². The number of piperazine rings is 1. The second kappa shape index (κ2) is 9.12. The standard InChI is InChI=1S/C22H19F2N7O2/c1-2-6-22(23,24)21-28-18(29-33-21)15-4-3-5-16(13-15)20(32)31-11-9-30(10-12-31)19-17(14-25)26-7-8-27-19/h2-8,13H,9-12H2,1H3. The van der Waals surface area contributed by atoms with Crippen LogP contribution in [0, 0.1) is 11.3 Å². The average molecular weight is 451 g/mol. The van der Waals surface area contributed by atoms with E-state index in [9.17, 15) is 18.8 Å². The number of hydrogen-bond donors (Lipinski definition) is 0. The Bertz CT molecular complexity index is 1230. The lowest BCUT2D eigenvalue weighted by molar-refractivity contribution is 0.0158. The van der Waals surface area contributed by atoms with Crippen molar-refractivity contribution in [3.8, 4) is 17.5 Å². The molecule has 1 saturated heterocycles. The van der Waals surface area contributed by atoms with Crippen LogP contribution in [-0.2, 0) is 5.92 Å². The van der Waals surface area contributed by atoms with Crippen molar-refractivity contribution in [3.05, 3.63) is 66.0 Å². The van der Waals surface area contributed by atoms with Crippen molar-refractivity contribution in [1.82, 2.24) is 25.0 Å². The van der Waals surface area contributed by atoms with Crippen molar-refractivity contribution in [2.45, 2.75) is 12.8 Å². The number of nitriles is 1. The average Bonchev–Trinajstić information content (AvgIpc) is 3.35. The molecule has 3 heterocycles. The van der Waals surface area contributed by atoms with Crippen LogP contribution in [0.25, 0.3) is 11.4 Å². The molecule has 1 amide bonds. The van der Waals surface area contributed by atoms with Gasteiger partial charge in [-0.15, -0.1) is 0 Å². The minimum Gasteiger partial charge on any atom is -0.351 e. The molecule has 0 saturated carbocycles. The van der Waals surface area contributed by atoms with E-state index in [-0.39, 0.29) is 17.4 Å². The monoisotopic (exact) mass is 451 g/mol. The van der Waals surface area contributed by atoms with Gasteiger partial charge in [-0.05, 0) is 25.1 Å². The zero-order valence-corrected chi connectivity index (χ0v) is 17.7. The molecule has 0 radical (unpaired) electrons. The van der Waals surface area contributed by atoms with E-state index in [0.717, 1.165) is 0 Å². The summed E-state index contributed by atoms with van der Waals surface area (Å²) in [7, 11) is 0. The number of carbonyl (C=O) groups excluding carboxylic acids is 1. The summed E-state index contributed by atoms with van der Waals surface area (Å²) >= 11 is 0. The number of benzene rings is 1. The Kier molecular flexibility index (Phi) is 6.08. The molecule has 0 aliphatic carbocycles. The molecule has 0 bridgehead atoms. The highest BCUT2D eigenvalue weighted by molar-refractivity contribution is 5.95. The molecular formula is C22H19F2N7O2. The normalized spacial score (nSPS) is 14.5. The van der Waals surface area contributed by atoms with Gasteiger partial charge in [0.25, 0.3) is 5.91 Å². The quantitative estimate of drug-likeness (QED) is 0.544. The maximum absolute atomic E-state index is 14.0.